The Balaban J connectivity index is 1.54. The van der Waals surface area contributed by atoms with Gasteiger partial charge >= 0.3 is 0 Å². The number of aliphatic hydroxyl groups excluding tert-OH is 6. The molecule has 0 radical (unpaired) electrons. The second kappa shape index (κ2) is 21.1. The molecule has 2 aromatic rings. The van der Waals surface area contributed by atoms with E-state index in [1.807, 2.05) is 12.1 Å². The second-order valence-electron chi connectivity index (χ2n) is 13.1. The largest absolute Gasteiger partial charge is 0.496 e. The van der Waals surface area contributed by atoms with Gasteiger partial charge in [0.2, 0.25) is 11.8 Å². The molecule has 2 fully saturated rings. The number of carbonyl (C=O) groups excluding carboxylic acids is 2. The number of methoxy groups -OCH3 is 2. The summed E-state index contributed by atoms with van der Waals surface area (Å²) in [7, 11) is 2.99. The van der Waals surface area contributed by atoms with E-state index in [0.717, 1.165) is 11.1 Å². The quantitative estimate of drug-likeness (QED) is 0.0393. The molecule has 0 spiro atoms. The van der Waals surface area contributed by atoms with E-state index >= 15 is 0 Å². The fourth-order valence-electron chi connectivity index (χ4n) is 6.74. The van der Waals surface area contributed by atoms with Gasteiger partial charge in [0, 0.05) is 35.7 Å². The summed E-state index contributed by atoms with van der Waals surface area (Å²) in [5.74, 6) is -1.74. The summed E-state index contributed by atoms with van der Waals surface area (Å²) in [6.45, 7) is -0.754. The summed E-state index contributed by atoms with van der Waals surface area (Å²) in [6, 6.07) is 10.6. The molecular formula is C36H51N5O13. The first-order chi connectivity index (χ1) is 26.1. The predicted molar refractivity (Wildman–Crippen MR) is 190 cm³/mol. The van der Waals surface area contributed by atoms with Crippen molar-refractivity contribution < 1.29 is 63.9 Å². The Morgan fingerprint density at radius 1 is 0.833 bits per heavy atom. The standard InChI is InChI=1S/C36H51N5O13/c1-50-26-13-20(3-5-22(26)17-42)7-9-38-34(48)24-15-28(52-12-11-40-41-37)29(53-36-33(47)32(46)31(45)30(19-44)54-36)16-25(24)35(49)39-10-8-21-4-6-23(18-43)27(14-21)51-2/h3-6,13-14,24-25,28-33,36,42-47H,7-12,15-19H2,1-2H3,(H,38,48)(H,39,49)/t24-,25-,28-,29-,30+,31+,32-,33-,36-/m0/s1. The third-order valence-corrected chi connectivity index (χ3v) is 9.76. The van der Waals surface area contributed by atoms with Gasteiger partial charge in [0.1, 0.15) is 35.9 Å². The first-order valence-electron chi connectivity index (χ1n) is 17.8. The topological polar surface area (TPSA) is 274 Å². The van der Waals surface area contributed by atoms with Gasteiger partial charge in [0.05, 0.1) is 64.7 Å². The van der Waals surface area contributed by atoms with Crippen LogP contribution in [0.25, 0.3) is 10.4 Å². The average molecular weight is 762 g/mol. The maximum atomic E-state index is 13.9. The number of ether oxygens (including phenoxy) is 5. The van der Waals surface area contributed by atoms with Crippen LogP contribution in [0.4, 0.5) is 0 Å². The number of hydrogen-bond donors (Lipinski definition) is 8. The monoisotopic (exact) mass is 761 g/mol. The smallest absolute Gasteiger partial charge is 0.224 e. The van der Waals surface area contributed by atoms with Gasteiger partial charge in [-0.05, 0) is 54.5 Å². The molecule has 8 N–H and O–H groups in total. The van der Waals surface area contributed by atoms with E-state index in [-0.39, 0.29) is 52.3 Å². The van der Waals surface area contributed by atoms with Gasteiger partial charge in [0.25, 0.3) is 0 Å². The minimum atomic E-state index is -1.72. The Morgan fingerprint density at radius 3 is 1.85 bits per heavy atom. The highest BCUT2D eigenvalue weighted by atomic mass is 16.7. The molecule has 0 unspecified atom stereocenters. The molecule has 2 aliphatic rings. The summed E-state index contributed by atoms with van der Waals surface area (Å²) < 4.78 is 28.4. The Morgan fingerprint density at radius 2 is 1.37 bits per heavy atom. The second-order valence-corrected chi connectivity index (χ2v) is 13.1. The number of nitrogens with zero attached hydrogens (tertiary/aromatic N) is 3. The lowest BCUT2D eigenvalue weighted by Crippen LogP contribution is -2.61. The van der Waals surface area contributed by atoms with E-state index in [9.17, 15) is 40.2 Å². The van der Waals surface area contributed by atoms with Crippen molar-refractivity contribution in [2.45, 2.75) is 81.8 Å². The van der Waals surface area contributed by atoms with Crippen LogP contribution in [0.5, 0.6) is 11.5 Å². The van der Waals surface area contributed by atoms with Crippen molar-refractivity contribution in [3.05, 3.63) is 69.1 Å². The van der Waals surface area contributed by atoms with Crippen LogP contribution in [-0.2, 0) is 49.9 Å². The van der Waals surface area contributed by atoms with Crippen LogP contribution in [0.3, 0.4) is 0 Å². The lowest BCUT2D eigenvalue weighted by Gasteiger charge is -2.44. The van der Waals surface area contributed by atoms with Gasteiger partial charge in [0.15, 0.2) is 6.29 Å². The van der Waals surface area contributed by atoms with Crippen LogP contribution in [-0.4, -0.2) is 132 Å². The lowest BCUT2D eigenvalue weighted by molar-refractivity contribution is -0.321. The van der Waals surface area contributed by atoms with Crippen molar-refractivity contribution in [3.8, 4) is 11.5 Å². The van der Waals surface area contributed by atoms with Crippen LogP contribution in [0, 0.1) is 11.8 Å². The molecule has 298 valence electrons. The number of rotatable bonds is 19. The van der Waals surface area contributed by atoms with Crippen molar-refractivity contribution in [1.29, 1.82) is 0 Å². The number of carbonyl (C=O) groups is 2. The summed E-state index contributed by atoms with van der Waals surface area (Å²) in [6.07, 6.45) is -8.99. The zero-order valence-corrected chi connectivity index (χ0v) is 30.3. The van der Waals surface area contributed by atoms with E-state index in [2.05, 4.69) is 20.7 Å². The number of aliphatic hydroxyl groups is 6. The number of amides is 2. The van der Waals surface area contributed by atoms with Gasteiger partial charge in [-0.15, -0.1) is 0 Å². The van der Waals surface area contributed by atoms with E-state index in [4.69, 9.17) is 29.2 Å². The molecule has 9 atom stereocenters. The van der Waals surface area contributed by atoms with Crippen LogP contribution < -0.4 is 20.1 Å². The molecular weight excluding hydrogens is 710 g/mol. The van der Waals surface area contributed by atoms with Crippen molar-refractivity contribution in [3.63, 3.8) is 0 Å². The first-order valence-corrected chi connectivity index (χ1v) is 17.8. The molecule has 2 aromatic carbocycles. The van der Waals surface area contributed by atoms with Crippen LogP contribution in [0.1, 0.15) is 35.1 Å². The SMILES string of the molecule is COc1cc(CCNC(=O)[C@H]2C[C@H](OCCN=[N+]=[N-])[C@@H](O[C@H]3O[C@H](CO)[C@@H](O)[C@H](O)[C@@H]3O)C[C@@H]2C(=O)NCCc2ccc(CO)c(OC)c2)ccc1CO. The zero-order valence-electron chi connectivity index (χ0n) is 30.3. The summed E-state index contributed by atoms with van der Waals surface area (Å²) in [5, 5.41) is 69.5. The molecule has 1 saturated carbocycles. The molecule has 1 aliphatic carbocycles. The minimum absolute atomic E-state index is 0.0267. The van der Waals surface area contributed by atoms with E-state index in [0.29, 0.717) is 35.5 Å². The normalized spacial score (nSPS) is 26.7. The van der Waals surface area contributed by atoms with Crippen LogP contribution in [0.15, 0.2) is 41.5 Å². The molecule has 18 heteroatoms. The number of benzene rings is 2. The van der Waals surface area contributed by atoms with Crippen LogP contribution >= 0.6 is 0 Å². The highest BCUT2D eigenvalue weighted by Crippen LogP contribution is 2.37. The molecule has 1 heterocycles. The van der Waals surface area contributed by atoms with Crippen molar-refractivity contribution in [2.24, 2.45) is 17.0 Å². The number of nitrogens with one attached hydrogen (secondary N) is 2. The Labute approximate surface area is 312 Å². The van der Waals surface area contributed by atoms with Crippen molar-refractivity contribution in [1.82, 2.24) is 10.6 Å². The Kier molecular flexibility index (Phi) is 16.7. The van der Waals surface area contributed by atoms with E-state index in [1.165, 1.54) is 14.2 Å². The fraction of sp³-hybridized carbons (Fsp3) is 0.611. The Bertz CT molecular complexity index is 1580. The third kappa shape index (κ3) is 11.0. The lowest BCUT2D eigenvalue weighted by atomic mass is 9.75. The zero-order chi connectivity index (χ0) is 39.2. The third-order valence-electron chi connectivity index (χ3n) is 9.76. The molecule has 1 aliphatic heterocycles. The molecule has 54 heavy (non-hydrogen) atoms. The maximum absolute atomic E-state index is 13.9. The molecule has 2 amide bonds. The van der Waals surface area contributed by atoms with Gasteiger partial charge in [-0.1, -0.05) is 29.4 Å². The summed E-state index contributed by atoms with van der Waals surface area (Å²) in [4.78, 5) is 30.5. The first kappa shape index (κ1) is 42.7. The number of hydrogen-bond acceptors (Lipinski definition) is 14. The van der Waals surface area contributed by atoms with E-state index in [1.54, 1.807) is 24.3 Å². The van der Waals surface area contributed by atoms with Crippen molar-refractivity contribution >= 4 is 11.8 Å². The highest BCUT2D eigenvalue weighted by Gasteiger charge is 2.49. The maximum Gasteiger partial charge on any atom is 0.224 e. The minimum Gasteiger partial charge on any atom is -0.496 e. The molecule has 18 nitrogen and oxygen atoms in total. The molecule has 0 bridgehead atoms. The van der Waals surface area contributed by atoms with Gasteiger partial charge < -0.3 is 65.0 Å². The van der Waals surface area contributed by atoms with Gasteiger partial charge in [-0.25, -0.2) is 0 Å². The van der Waals surface area contributed by atoms with Crippen LogP contribution in [0.2, 0.25) is 0 Å². The average Bonchev–Trinajstić information content (AvgIpc) is 3.19. The Hall–Kier alpha value is -4.07. The number of azide groups is 1. The fourth-order valence-corrected chi connectivity index (χ4v) is 6.74. The van der Waals surface area contributed by atoms with Gasteiger partial charge in [-0.2, -0.15) is 0 Å². The molecule has 1 saturated heterocycles. The predicted octanol–water partition coefficient (Wildman–Crippen LogP) is -0.387. The molecule has 4 rings (SSSR count). The summed E-state index contributed by atoms with van der Waals surface area (Å²) in [5.41, 5.74) is 11.7. The van der Waals surface area contributed by atoms with E-state index < -0.39 is 73.2 Å². The van der Waals surface area contributed by atoms with Crippen molar-refractivity contribution in [2.75, 3.05) is 47.1 Å². The summed E-state index contributed by atoms with van der Waals surface area (Å²) >= 11 is 0. The molecule has 0 aromatic heterocycles. The van der Waals surface area contributed by atoms with Gasteiger partial charge in [-0.3, -0.25) is 9.59 Å². The highest BCUT2D eigenvalue weighted by molar-refractivity contribution is 5.88.